The Labute approximate surface area is 161 Å². The highest BCUT2D eigenvalue weighted by Crippen LogP contribution is 2.28. The minimum Gasteiger partial charge on any atom is -0.309 e. The van der Waals surface area contributed by atoms with Gasteiger partial charge in [-0.3, -0.25) is 4.79 Å². The molecule has 138 valence electrons. The van der Waals surface area contributed by atoms with Gasteiger partial charge in [0.05, 0.1) is 0 Å². The number of nitrogens with zero attached hydrogens (tertiary/aromatic N) is 2. The third-order valence-electron chi connectivity index (χ3n) is 5.29. The molecule has 1 fully saturated rings. The number of hydrogen-bond acceptors (Lipinski definition) is 2. The SMILES string of the molecule is [2H]C([2H])([2H])CC(=O)N(c1ccccc1)[C@@H]1CCN(CCc2ccccc2)C[C@@H]1C. The minimum atomic E-state index is -2.26. The van der Waals surface area contributed by atoms with Gasteiger partial charge in [-0.05, 0) is 36.5 Å². The molecular weight excluding hydrogens is 320 g/mol. The van der Waals surface area contributed by atoms with Crippen LogP contribution in [0.3, 0.4) is 0 Å². The lowest BCUT2D eigenvalue weighted by molar-refractivity contribution is -0.119. The molecule has 3 nitrogen and oxygen atoms in total. The molecular formula is C23H30N2O. The Hall–Kier alpha value is -2.13. The lowest BCUT2D eigenvalue weighted by atomic mass is 9.91. The molecule has 1 heterocycles. The molecule has 1 aliphatic rings. The molecule has 0 aromatic heterocycles. The summed E-state index contributed by atoms with van der Waals surface area (Å²) >= 11 is 0. The first-order valence-electron chi connectivity index (χ1n) is 11.0. The van der Waals surface area contributed by atoms with Crippen LogP contribution in [0.5, 0.6) is 0 Å². The molecule has 0 spiro atoms. The number of carbonyl (C=O) groups excluding carboxylic acids is 1. The predicted molar refractivity (Wildman–Crippen MR) is 108 cm³/mol. The average molecular weight is 354 g/mol. The molecule has 0 unspecified atom stereocenters. The second kappa shape index (κ2) is 9.00. The van der Waals surface area contributed by atoms with Gasteiger partial charge < -0.3 is 9.80 Å². The molecule has 0 radical (unpaired) electrons. The molecule has 1 amide bonds. The van der Waals surface area contributed by atoms with Crippen LogP contribution in [0.2, 0.25) is 0 Å². The van der Waals surface area contributed by atoms with Crippen LogP contribution in [0.4, 0.5) is 5.69 Å². The van der Waals surface area contributed by atoms with Crippen LogP contribution in [-0.2, 0) is 11.2 Å². The number of benzene rings is 2. The maximum absolute atomic E-state index is 12.9. The first kappa shape index (κ1) is 15.0. The molecule has 3 heteroatoms. The Morgan fingerprint density at radius 2 is 1.85 bits per heavy atom. The summed E-state index contributed by atoms with van der Waals surface area (Å²) < 4.78 is 22.6. The number of carbonyl (C=O) groups is 1. The van der Waals surface area contributed by atoms with Gasteiger partial charge in [0.1, 0.15) is 0 Å². The summed E-state index contributed by atoms with van der Waals surface area (Å²) in [6, 6.07) is 20.0. The first-order valence-corrected chi connectivity index (χ1v) is 9.47. The fraction of sp³-hybridized carbons (Fsp3) is 0.435. The summed E-state index contributed by atoms with van der Waals surface area (Å²) in [6.45, 7) is 2.71. The van der Waals surface area contributed by atoms with Crippen LogP contribution >= 0.6 is 0 Å². The van der Waals surface area contributed by atoms with Crippen LogP contribution < -0.4 is 4.90 Å². The molecule has 2 aromatic carbocycles. The summed E-state index contributed by atoms with van der Waals surface area (Å²) in [7, 11) is 0. The highest BCUT2D eigenvalue weighted by atomic mass is 16.2. The lowest BCUT2D eigenvalue weighted by Crippen LogP contribution is -2.52. The third kappa shape index (κ3) is 4.53. The van der Waals surface area contributed by atoms with E-state index in [1.54, 1.807) is 4.90 Å². The lowest BCUT2D eigenvalue weighted by Gasteiger charge is -2.42. The van der Waals surface area contributed by atoms with E-state index in [9.17, 15) is 4.79 Å². The summed E-state index contributed by atoms with van der Waals surface area (Å²) in [5.74, 6) is -0.0499. The average Bonchev–Trinajstić information content (AvgIpc) is 2.68. The Morgan fingerprint density at radius 1 is 1.15 bits per heavy atom. The number of hydrogen-bond donors (Lipinski definition) is 0. The van der Waals surface area contributed by atoms with Crippen LogP contribution in [-0.4, -0.2) is 36.5 Å². The van der Waals surface area contributed by atoms with Crippen molar-refractivity contribution in [3.05, 3.63) is 66.2 Å². The Balaban J connectivity index is 1.68. The predicted octanol–water partition coefficient (Wildman–Crippen LogP) is 4.38. The largest absolute Gasteiger partial charge is 0.309 e. The molecule has 1 aliphatic heterocycles. The second-order valence-electron chi connectivity index (χ2n) is 7.15. The smallest absolute Gasteiger partial charge is 0.226 e. The van der Waals surface area contributed by atoms with Crippen molar-refractivity contribution in [2.75, 3.05) is 24.5 Å². The Morgan fingerprint density at radius 3 is 2.50 bits per heavy atom. The molecule has 0 bridgehead atoms. The molecule has 0 N–H and O–H groups in total. The highest BCUT2D eigenvalue weighted by molar-refractivity contribution is 5.93. The zero-order chi connectivity index (χ0) is 20.9. The van der Waals surface area contributed by atoms with Crippen molar-refractivity contribution in [1.82, 2.24) is 4.90 Å². The van der Waals surface area contributed by atoms with E-state index in [1.807, 2.05) is 36.4 Å². The van der Waals surface area contributed by atoms with Crippen molar-refractivity contribution in [2.24, 2.45) is 5.92 Å². The minimum absolute atomic E-state index is 0.0141. The van der Waals surface area contributed by atoms with Gasteiger partial charge in [-0.25, -0.2) is 0 Å². The van der Waals surface area contributed by atoms with Crippen molar-refractivity contribution in [3.63, 3.8) is 0 Å². The van der Waals surface area contributed by atoms with Gasteiger partial charge in [0.2, 0.25) is 5.91 Å². The van der Waals surface area contributed by atoms with Crippen molar-refractivity contribution in [3.8, 4) is 0 Å². The number of para-hydroxylation sites is 1. The molecule has 26 heavy (non-hydrogen) atoms. The fourth-order valence-corrected chi connectivity index (χ4v) is 3.93. The monoisotopic (exact) mass is 353 g/mol. The van der Waals surface area contributed by atoms with Gasteiger partial charge in [0.25, 0.3) is 0 Å². The Kier molecular flexibility index (Phi) is 5.18. The van der Waals surface area contributed by atoms with Crippen molar-refractivity contribution in [1.29, 1.82) is 0 Å². The van der Waals surface area contributed by atoms with E-state index in [0.29, 0.717) is 0 Å². The van der Waals surface area contributed by atoms with Gasteiger partial charge in [0, 0.05) is 41.9 Å². The van der Waals surface area contributed by atoms with Gasteiger partial charge >= 0.3 is 0 Å². The quantitative estimate of drug-likeness (QED) is 0.769. The molecule has 1 saturated heterocycles. The van der Waals surface area contributed by atoms with E-state index in [1.165, 1.54) is 5.56 Å². The summed E-state index contributed by atoms with van der Waals surface area (Å²) in [6.07, 6.45) is 1.43. The van der Waals surface area contributed by atoms with Gasteiger partial charge in [-0.2, -0.15) is 0 Å². The Bertz CT molecular complexity index is 780. The third-order valence-corrected chi connectivity index (χ3v) is 5.29. The zero-order valence-electron chi connectivity index (χ0n) is 18.5. The van der Waals surface area contributed by atoms with Crippen LogP contribution in [0.1, 0.15) is 36.3 Å². The van der Waals surface area contributed by atoms with E-state index in [4.69, 9.17) is 4.11 Å². The van der Waals surface area contributed by atoms with Crippen LogP contribution in [0.25, 0.3) is 0 Å². The highest BCUT2D eigenvalue weighted by Gasteiger charge is 2.33. The van der Waals surface area contributed by atoms with Gasteiger partial charge in [0.15, 0.2) is 0 Å². The van der Waals surface area contributed by atoms with E-state index >= 15 is 0 Å². The van der Waals surface area contributed by atoms with E-state index in [-0.39, 0.29) is 17.9 Å². The topological polar surface area (TPSA) is 23.6 Å². The molecule has 0 aliphatic carbocycles. The molecule has 0 saturated carbocycles. The van der Waals surface area contributed by atoms with Crippen molar-refractivity contribution < 1.29 is 8.91 Å². The maximum atomic E-state index is 12.9. The van der Waals surface area contributed by atoms with E-state index in [0.717, 1.165) is 38.2 Å². The molecule has 2 atom stereocenters. The summed E-state index contributed by atoms with van der Waals surface area (Å²) in [5, 5.41) is 0. The van der Waals surface area contributed by atoms with E-state index in [2.05, 4.69) is 36.1 Å². The normalized spacial score (nSPS) is 22.9. The summed E-state index contributed by atoms with van der Waals surface area (Å²) in [5.41, 5.74) is 2.12. The van der Waals surface area contributed by atoms with Crippen LogP contribution in [0, 0.1) is 5.92 Å². The number of likely N-dealkylation sites (tertiary alicyclic amines) is 1. The van der Waals surface area contributed by atoms with Crippen molar-refractivity contribution in [2.45, 2.75) is 39.1 Å². The zero-order valence-corrected chi connectivity index (χ0v) is 15.5. The standard InChI is InChI=1S/C23H30N2O/c1-3-23(26)25(21-12-8-5-9-13-21)22-15-17-24(18-19(22)2)16-14-20-10-6-4-7-11-20/h4-13,19,22H,3,14-18H2,1-2H3/t19-,22+/m0/s1/i1D3. The molecule has 2 aromatic rings. The van der Waals surface area contributed by atoms with Crippen LogP contribution in [0.15, 0.2) is 60.7 Å². The molecule has 3 rings (SSSR count). The van der Waals surface area contributed by atoms with Gasteiger partial charge in [-0.1, -0.05) is 62.3 Å². The second-order valence-corrected chi connectivity index (χ2v) is 7.15. The number of amides is 1. The van der Waals surface area contributed by atoms with Crippen molar-refractivity contribution >= 4 is 11.6 Å². The maximum Gasteiger partial charge on any atom is 0.226 e. The summed E-state index contributed by atoms with van der Waals surface area (Å²) in [4.78, 5) is 17.1. The first-order chi connectivity index (χ1) is 13.8. The van der Waals surface area contributed by atoms with Gasteiger partial charge in [-0.15, -0.1) is 0 Å². The number of rotatable bonds is 6. The fourth-order valence-electron chi connectivity index (χ4n) is 3.93. The number of anilines is 1. The number of piperidine rings is 1. The van der Waals surface area contributed by atoms with E-state index < -0.39 is 13.3 Å².